The molecule has 3 N–H and O–H groups in total. The monoisotopic (exact) mass is 441 g/mol. The van der Waals surface area contributed by atoms with E-state index in [-0.39, 0.29) is 17.8 Å². The Bertz CT molecular complexity index is 842. The molecule has 1 aromatic rings. The number of nitrogens with one attached hydrogen (secondary N) is 1. The second-order valence-electron chi connectivity index (χ2n) is 8.11. The summed E-state index contributed by atoms with van der Waals surface area (Å²) < 4.78 is 38.3. The van der Waals surface area contributed by atoms with Crippen LogP contribution in [0.15, 0.2) is 18.2 Å². The highest BCUT2D eigenvalue weighted by molar-refractivity contribution is 7.89. The predicted molar refractivity (Wildman–Crippen MR) is 111 cm³/mol. The summed E-state index contributed by atoms with van der Waals surface area (Å²) in [6.07, 6.45) is 4.28. The van der Waals surface area contributed by atoms with Gasteiger partial charge in [-0.25, -0.2) is 13.2 Å². The Morgan fingerprint density at radius 3 is 2.83 bits per heavy atom. The van der Waals surface area contributed by atoms with Gasteiger partial charge in [0, 0.05) is 11.5 Å². The highest BCUT2D eigenvalue weighted by Gasteiger charge is 2.40. The van der Waals surface area contributed by atoms with Gasteiger partial charge in [-0.05, 0) is 31.7 Å². The van der Waals surface area contributed by atoms with Crippen LogP contribution in [0.3, 0.4) is 0 Å². The number of aliphatic hydroxyl groups excluding tert-OH is 1. The van der Waals surface area contributed by atoms with E-state index in [1.165, 1.54) is 0 Å². The van der Waals surface area contributed by atoms with Crippen LogP contribution < -0.4 is 14.2 Å². The lowest BCUT2D eigenvalue weighted by atomic mass is 9.97. The lowest BCUT2D eigenvalue weighted by molar-refractivity contribution is -0.145. The first-order valence-corrected chi connectivity index (χ1v) is 12.3. The highest BCUT2D eigenvalue weighted by Crippen LogP contribution is 2.50. The normalized spacial score (nSPS) is 22.1. The van der Waals surface area contributed by atoms with Crippen LogP contribution in [0.1, 0.15) is 69.8 Å². The maximum Gasteiger partial charge on any atom is 0.361 e. The first-order chi connectivity index (χ1) is 14.3. The number of benzene rings is 1. The Balaban J connectivity index is 1.63. The number of rotatable bonds is 12. The topological polar surface area (TPSA) is 122 Å². The molecule has 0 aromatic heterocycles. The maximum absolute atomic E-state index is 12.4. The molecule has 1 heterocycles. The molecule has 1 fully saturated rings. The van der Waals surface area contributed by atoms with Crippen molar-refractivity contribution >= 4 is 16.0 Å². The van der Waals surface area contributed by atoms with E-state index in [0.29, 0.717) is 12.2 Å². The lowest BCUT2D eigenvalue weighted by Gasteiger charge is -2.19. The number of hydrogen-bond donors (Lipinski definition) is 3. The fourth-order valence-electron chi connectivity index (χ4n) is 4.22. The molecular weight excluding hydrogens is 410 g/mol. The van der Waals surface area contributed by atoms with E-state index in [0.717, 1.165) is 50.5 Å². The molecule has 0 radical (unpaired) electrons. The quantitative estimate of drug-likeness (QED) is 0.337. The number of carboxylic acid groups (broad SMARTS) is 1. The number of sulfonamides is 1. The second kappa shape index (κ2) is 9.98. The summed E-state index contributed by atoms with van der Waals surface area (Å²) in [5.74, 6) is -1.07. The van der Waals surface area contributed by atoms with E-state index in [1.807, 2.05) is 6.07 Å². The summed E-state index contributed by atoms with van der Waals surface area (Å²) >= 11 is 0. The lowest BCUT2D eigenvalue weighted by Crippen LogP contribution is -2.47. The SMILES string of the molecule is CCCCCCC(O)CS(=O)(=O)NC(Oc1cccc2c1OC1CCCC21)C(=O)O. The van der Waals surface area contributed by atoms with Gasteiger partial charge >= 0.3 is 5.97 Å². The Morgan fingerprint density at radius 2 is 2.10 bits per heavy atom. The van der Waals surface area contributed by atoms with Crippen molar-refractivity contribution in [1.82, 2.24) is 4.72 Å². The van der Waals surface area contributed by atoms with Gasteiger partial charge in [0.1, 0.15) is 6.10 Å². The molecule has 2 aliphatic rings. The minimum Gasteiger partial charge on any atom is -0.486 e. The molecule has 8 nitrogen and oxygen atoms in total. The summed E-state index contributed by atoms with van der Waals surface area (Å²) in [6.45, 7) is 2.07. The molecule has 3 rings (SSSR count). The summed E-state index contributed by atoms with van der Waals surface area (Å²) in [7, 11) is -4.06. The van der Waals surface area contributed by atoms with Crippen LogP contribution in [0.5, 0.6) is 11.5 Å². The van der Waals surface area contributed by atoms with E-state index in [2.05, 4.69) is 11.6 Å². The molecule has 9 heteroatoms. The zero-order valence-corrected chi connectivity index (χ0v) is 18.1. The molecular formula is C21H31NO7S. The van der Waals surface area contributed by atoms with E-state index in [4.69, 9.17) is 9.47 Å². The zero-order chi connectivity index (χ0) is 21.7. The van der Waals surface area contributed by atoms with E-state index >= 15 is 0 Å². The van der Waals surface area contributed by atoms with Crippen molar-refractivity contribution in [3.8, 4) is 11.5 Å². The molecule has 1 aromatic carbocycles. The summed E-state index contributed by atoms with van der Waals surface area (Å²) in [5.41, 5.74) is 0.976. The van der Waals surface area contributed by atoms with Gasteiger partial charge in [-0.3, -0.25) is 0 Å². The van der Waals surface area contributed by atoms with Gasteiger partial charge in [0.2, 0.25) is 10.0 Å². The van der Waals surface area contributed by atoms with Crippen molar-refractivity contribution in [3.05, 3.63) is 23.8 Å². The van der Waals surface area contributed by atoms with E-state index in [9.17, 15) is 23.4 Å². The molecule has 4 unspecified atom stereocenters. The van der Waals surface area contributed by atoms with Gasteiger partial charge in [0.05, 0.1) is 11.9 Å². The molecule has 0 saturated heterocycles. The molecule has 168 valence electrons. The average Bonchev–Trinajstić information content (AvgIpc) is 3.26. The first kappa shape index (κ1) is 22.8. The number of ether oxygens (including phenoxy) is 2. The van der Waals surface area contributed by atoms with Crippen molar-refractivity contribution < 1.29 is 32.9 Å². The van der Waals surface area contributed by atoms with Crippen LogP contribution in [-0.2, 0) is 14.8 Å². The third-order valence-corrected chi connectivity index (χ3v) is 7.09. The van der Waals surface area contributed by atoms with Crippen molar-refractivity contribution in [2.45, 2.75) is 82.6 Å². The molecule has 0 spiro atoms. The van der Waals surface area contributed by atoms with Gasteiger partial charge in [-0.2, -0.15) is 4.72 Å². The molecule has 0 amide bonds. The summed E-state index contributed by atoms with van der Waals surface area (Å²) in [4.78, 5) is 11.7. The smallest absolute Gasteiger partial charge is 0.361 e. The van der Waals surface area contributed by atoms with E-state index in [1.54, 1.807) is 12.1 Å². The number of unbranched alkanes of at least 4 members (excludes halogenated alkanes) is 3. The number of fused-ring (bicyclic) bond motifs is 3. The van der Waals surface area contributed by atoms with Crippen molar-refractivity contribution in [1.29, 1.82) is 0 Å². The fraction of sp³-hybridized carbons (Fsp3) is 0.667. The number of para-hydroxylation sites is 1. The maximum atomic E-state index is 12.4. The Labute approximate surface area is 177 Å². The Morgan fingerprint density at radius 1 is 1.30 bits per heavy atom. The van der Waals surface area contributed by atoms with Gasteiger partial charge in [-0.15, -0.1) is 0 Å². The van der Waals surface area contributed by atoms with Crippen LogP contribution >= 0.6 is 0 Å². The van der Waals surface area contributed by atoms with Crippen LogP contribution in [0, 0.1) is 0 Å². The van der Waals surface area contributed by atoms with Crippen molar-refractivity contribution in [2.24, 2.45) is 0 Å². The van der Waals surface area contributed by atoms with Crippen molar-refractivity contribution in [3.63, 3.8) is 0 Å². The average molecular weight is 442 g/mol. The molecule has 0 bridgehead atoms. The standard InChI is InChI=1S/C21H31NO7S/c1-2-3-4-5-8-14(23)13-30(26,27)22-20(21(24)25)29-18-12-7-10-16-15-9-6-11-17(15)28-19(16)18/h7,10,12,14-15,17,20,22-23H,2-6,8-9,11,13H2,1H3,(H,24,25). The minimum absolute atomic E-state index is 0.0626. The van der Waals surface area contributed by atoms with Gasteiger partial charge in [0.15, 0.2) is 11.5 Å². The number of hydrogen-bond acceptors (Lipinski definition) is 6. The summed E-state index contributed by atoms with van der Waals surface area (Å²) in [5, 5.41) is 19.5. The number of aliphatic carboxylic acids is 1. The fourth-order valence-corrected chi connectivity index (χ4v) is 5.47. The Kier molecular flexibility index (Phi) is 7.60. The molecule has 1 saturated carbocycles. The highest BCUT2D eigenvalue weighted by atomic mass is 32.2. The Hall–Kier alpha value is -1.84. The zero-order valence-electron chi connectivity index (χ0n) is 17.2. The largest absolute Gasteiger partial charge is 0.486 e. The van der Waals surface area contributed by atoms with Crippen molar-refractivity contribution in [2.75, 3.05) is 5.75 Å². The molecule has 30 heavy (non-hydrogen) atoms. The number of aliphatic hydroxyl groups is 1. The van der Waals surface area contributed by atoms with Gasteiger partial charge in [-0.1, -0.05) is 44.7 Å². The number of carboxylic acids is 1. The molecule has 1 aliphatic carbocycles. The molecule has 4 atom stereocenters. The van der Waals surface area contributed by atoms with Gasteiger partial charge in [0.25, 0.3) is 6.23 Å². The summed E-state index contributed by atoms with van der Waals surface area (Å²) in [6, 6.07) is 5.27. The van der Waals surface area contributed by atoms with Crippen LogP contribution in [0.25, 0.3) is 0 Å². The third-order valence-electron chi connectivity index (χ3n) is 5.69. The third kappa shape index (κ3) is 5.65. The first-order valence-electron chi connectivity index (χ1n) is 10.7. The second-order valence-corrected chi connectivity index (χ2v) is 9.91. The number of carbonyl (C=O) groups is 1. The minimum atomic E-state index is -4.06. The molecule has 1 aliphatic heterocycles. The van der Waals surface area contributed by atoms with Crippen LogP contribution in [0.4, 0.5) is 0 Å². The van der Waals surface area contributed by atoms with Gasteiger partial charge < -0.3 is 19.7 Å². The predicted octanol–water partition coefficient (Wildman–Crippen LogP) is 2.76. The van der Waals surface area contributed by atoms with Crippen LogP contribution in [0.2, 0.25) is 0 Å². The van der Waals surface area contributed by atoms with Crippen LogP contribution in [-0.4, -0.2) is 48.8 Å². The van der Waals surface area contributed by atoms with E-state index < -0.39 is 34.1 Å².